The van der Waals surface area contributed by atoms with Gasteiger partial charge in [0.05, 0.1) is 5.02 Å². The zero-order valence-corrected chi connectivity index (χ0v) is 18.2. The summed E-state index contributed by atoms with van der Waals surface area (Å²) in [7, 11) is 0. The SMILES string of the molecule is C=C(c1ccc(N2CCCC2=C)cc1Cl)N1CCN(c2ncc(C)cc2C)CC1. The molecule has 4 nitrogen and oxygen atoms in total. The van der Waals surface area contributed by atoms with E-state index < -0.39 is 0 Å². The van der Waals surface area contributed by atoms with Crippen LogP contribution in [0.15, 0.2) is 49.3 Å². The van der Waals surface area contributed by atoms with Crippen molar-refractivity contribution >= 4 is 28.8 Å². The summed E-state index contributed by atoms with van der Waals surface area (Å²) in [6, 6.07) is 8.49. The van der Waals surface area contributed by atoms with Crippen molar-refractivity contribution in [3.8, 4) is 0 Å². The number of benzene rings is 1. The van der Waals surface area contributed by atoms with Gasteiger partial charge >= 0.3 is 0 Å². The third kappa shape index (κ3) is 3.99. The summed E-state index contributed by atoms with van der Waals surface area (Å²) < 4.78 is 0. The molecule has 0 spiro atoms. The lowest BCUT2D eigenvalue weighted by Gasteiger charge is -2.38. The topological polar surface area (TPSA) is 22.6 Å². The summed E-state index contributed by atoms with van der Waals surface area (Å²) in [4.78, 5) is 11.6. The number of piperazine rings is 1. The van der Waals surface area contributed by atoms with Crippen LogP contribution < -0.4 is 9.80 Å². The number of aryl methyl sites for hydroxylation is 2. The van der Waals surface area contributed by atoms with Crippen LogP contribution >= 0.6 is 11.6 Å². The van der Waals surface area contributed by atoms with Gasteiger partial charge in [0.25, 0.3) is 0 Å². The quantitative estimate of drug-likeness (QED) is 0.688. The van der Waals surface area contributed by atoms with Crippen LogP contribution in [0, 0.1) is 13.8 Å². The van der Waals surface area contributed by atoms with Gasteiger partial charge in [-0.25, -0.2) is 4.98 Å². The zero-order valence-electron chi connectivity index (χ0n) is 17.4. The highest BCUT2D eigenvalue weighted by Gasteiger charge is 2.23. The highest BCUT2D eigenvalue weighted by Crippen LogP contribution is 2.34. The summed E-state index contributed by atoms with van der Waals surface area (Å²) in [5, 5.41) is 0.755. The van der Waals surface area contributed by atoms with Crippen molar-refractivity contribution in [2.24, 2.45) is 0 Å². The van der Waals surface area contributed by atoms with Crippen LogP contribution in [0.1, 0.15) is 29.5 Å². The van der Waals surface area contributed by atoms with Crippen LogP contribution in [0.4, 0.5) is 11.5 Å². The standard InChI is InChI=1S/C24H29ClN4/c1-17-14-18(2)24(26-16-17)28-12-10-27(11-13-28)20(4)22-8-7-21(15-23(22)25)29-9-5-6-19(29)3/h7-8,14-16H,3-6,9-13H2,1-2H3. The Labute approximate surface area is 179 Å². The largest absolute Gasteiger partial charge is 0.368 e. The van der Waals surface area contributed by atoms with E-state index in [4.69, 9.17) is 11.6 Å². The minimum Gasteiger partial charge on any atom is -0.368 e. The molecule has 3 heterocycles. The molecule has 2 aliphatic heterocycles. The molecule has 2 saturated heterocycles. The van der Waals surface area contributed by atoms with Gasteiger partial charge in [-0.2, -0.15) is 0 Å². The van der Waals surface area contributed by atoms with Crippen LogP contribution in [0.3, 0.4) is 0 Å². The van der Waals surface area contributed by atoms with Gasteiger partial charge in [0.1, 0.15) is 5.82 Å². The molecule has 0 amide bonds. The third-order valence-electron chi connectivity index (χ3n) is 5.95. The first-order chi connectivity index (χ1) is 13.9. The molecule has 2 fully saturated rings. The number of allylic oxidation sites excluding steroid dienone is 1. The van der Waals surface area contributed by atoms with Crippen molar-refractivity contribution in [2.45, 2.75) is 26.7 Å². The molecule has 0 aliphatic carbocycles. The monoisotopic (exact) mass is 408 g/mol. The summed E-state index contributed by atoms with van der Waals surface area (Å²) >= 11 is 6.67. The number of aromatic nitrogens is 1. The molecule has 5 heteroatoms. The number of anilines is 2. The van der Waals surface area contributed by atoms with E-state index in [0.29, 0.717) is 0 Å². The minimum atomic E-state index is 0.755. The van der Waals surface area contributed by atoms with Gasteiger partial charge < -0.3 is 14.7 Å². The normalized spacial score (nSPS) is 17.2. The Kier molecular flexibility index (Phi) is 5.55. The summed E-state index contributed by atoms with van der Waals surface area (Å²) in [6.45, 7) is 17.4. The Morgan fingerprint density at radius 3 is 2.45 bits per heavy atom. The smallest absolute Gasteiger partial charge is 0.131 e. The molecule has 29 heavy (non-hydrogen) atoms. The van der Waals surface area contributed by atoms with Gasteiger partial charge in [-0.15, -0.1) is 0 Å². The third-order valence-corrected chi connectivity index (χ3v) is 6.27. The van der Waals surface area contributed by atoms with Crippen LogP contribution in [-0.2, 0) is 0 Å². The Morgan fingerprint density at radius 2 is 1.83 bits per heavy atom. The van der Waals surface area contributed by atoms with Crippen LogP contribution in [-0.4, -0.2) is 42.6 Å². The molecule has 0 unspecified atom stereocenters. The van der Waals surface area contributed by atoms with Gasteiger partial charge in [-0.3, -0.25) is 0 Å². The molecule has 0 saturated carbocycles. The maximum absolute atomic E-state index is 6.67. The van der Waals surface area contributed by atoms with Crippen molar-refractivity contribution in [1.82, 2.24) is 9.88 Å². The summed E-state index contributed by atoms with van der Waals surface area (Å²) in [6.07, 6.45) is 4.17. The predicted octanol–water partition coefficient (Wildman–Crippen LogP) is 5.26. The van der Waals surface area contributed by atoms with E-state index in [2.05, 4.69) is 71.0 Å². The number of halogens is 1. The predicted molar refractivity (Wildman–Crippen MR) is 124 cm³/mol. The minimum absolute atomic E-state index is 0.755. The summed E-state index contributed by atoms with van der Waals surface area (Å²) in [5.74, 6) is 1.09. The lowest BCUT2D eigenvalue weighted by atomic mass is 10.1. The average Bonchev–Trinajstić information content (AvgIpc) is 3.13. The molecule has 152 valence electrons. The van der Waals surface area contributed by atoms with Crippen molar-refractivity contribution in [3.63, 3.8) is 0 Å². The van der Waals surface area contributed by atoms with Gasteiger partial charge in [0.15, 0.2) is 0 Å². The molecule has 0 N–H and O–H groups in total. The Balaban J connectivity index is 1.43. The maximum atomic E-state index is 6.67. The highest BCUT2D eigenvalue weighted by atomic mass is 35.5. The average molecular weight is 409 g/mol. The molecule has 2 aromatic rings. The molecular formula is C24H29ClN4. The lowest BCUT2D eigenvalue weighted by Crippen LogP contribution is -2.46. The second-order valence-corrected chi connectivity index (χ2v) is 8.47. The molecule has 0 radical (unpaired) electrons. The van der Waals surface area contributed by atoms with E-state index in [9.17, 15) is 0 Å². The zero-order chi connectivity index (χ0) is 20.5. The number of hydrogen-bond acceptors (Lipinski definition) is 4. The Morgan fingerprint density at radius 1 is 1.07 bits per heavy atom. The molecular weight excluding hydrogens is 380 g/mol. The fourth-order valence-corrected chi connectivity index (χ4v) is 4.63. The van der Waals surface area contributed by atoms with Gasteiger partial charge in [0, 0.05) is 61.6 Å². The maximum Gasteiger partial charge on any atom is 0.131 e. The molecule has 1 aromatic carbocycles. The van der Waals surface area contributed by atoms with Gasteiger partial charge in [-0.1, -0.05) is 30.8 Å². The highest BCUT2D eigenvalue weighted by molar-refractivity contribution is 6.32. The van der Waals surface area contributed by atoms with E-state index in [1.54, 1.807) is 0 Å². The lowest BCUT2D eigenvalue weighted by molar-refractivity contribution is 0.367. The number of hydrogen-bond donors (Lipinski definition) is 0. The van der Waals surface area contributed by atoms with Gasteiger partial charge in [0.2, 0.25) is 0 Å². The first-order valence-corrected chi connectivity index (χ1v) is 10.7. The fraction of sp³-hybridized carbons (Fsp3) is 0.375. The number of nitrogens with zero attached hydrogens (tertiary/aromatic N) is 4. The van der Waals surface area contributed by atoms with Crippen molar-refractivity contribution < 1.29 is 0 Å². The first kappa shape index (κ1) is 19.8. The van der Waals surface area contributed by atoms with E-state index in [-0.39, 0.29) is 0 Å². The summed E-state index contributed by atoms with van der Waals surface area (Å²) in [5.41, 5.74) is 6.74. The van der Waals surface area contributed by atoms with Crippen molar-refractivity contribution in [1.29, 1.82) is 0 Å². The van der Waals surface area contributed by atoms with E-state index in [0.717, 1.165) is 73.4 Å². The van der Waals surface area contributed by atoms with E-state index >= 15 is 0 Å². The van der Waals surface area contributed by atoms with Crippen molar-refractivity contribution in [2.75, 3.05) is 42.5 Å². The Bertz CT molecular complexity index is 944. The second-order valence-electron chi connectivity index (χ2n) is 8.06. The van der Waals surface area contributed by atoms with Crippen LogP contribution in [0.25, 0.3) is 5.70 Å². The Hall–Kier alpha value is -2.46. The van der Waals surface area contributed by atoms with Crippen LogP contribution in [0.5, 0.6) is 0 Å². The number of rotatable bonds is 4. The molecule has 1 aromatic heterocycles. The van der Waals surface area contributed by atoms with Crippen LogP contribution in [0.2, 0.25) is 5.02 Å². The first-order valence-electron chi connectivity index (χ1n) is 10.3. The fourth-order valence-electron chi connectivity index (χ4n) is 4.35. The molecule has 2 aliphatic rings. The van der Waals surface area contributed by atoms with E-state index in [1.165, 1.54) is 16.8 Å². The number of pyridine rings is 1. The molecule has 0 bridgehead atoms. The second kappa shape index (κ2) is 8.11. The van der Waals surface area contributed by atoms with Gasteiger partial charge in [-0.05, 0) is 56.0 Å². The molecule has 4 rings (SSSR count). The molecule has 0 atom stereocenters. The van der Waals surface area contributed by atoms with Crippen molar-refractivity contribution in [3.05, 3.63) is 71.0 Å². The van der Waals surface area contributed by atoms with E-state index in [1.807, 2.05) is 6.20 Å².